The van der Waals surface area contributed by atoms with Crippen LogP contribution in [0.15, 0.2) is 70.5 Å². The number of rotatable bonds is 3. The summed E-state index contributed by atoms with van der Waals surface area (Å²) in [4.78, 5) is 34.6. The largest absolute Gasteiger partial charge is 0.398 e. The summed E-state index contributed by atoms with van der Waals surface area (Å²) in [5.41, 5.74) is 6.44. The fourth-order valence-electron chi connectivity index (χ4n) is 4.03. The highest BCUT2D eigenvalue weighted by Crippen LogP contribution is 2.35. The van der Waals surface area contributed by atoms with Crippen molar-refractivity contribution in [2.75, 3.05) is 5.73 Å². The van der Waals surface area contributed by atoms with E-state index in [9.17, 15) is 19.7 Å². The molecule has 2 aliphatic rings. The predicted molar refractivity (Wildman–Crippen MR) is 124 cm³/mol. The van der Waals surface area contributed by atoms with Crippen LogP contribution in [0.5, 0.6) is 0 Å². The SMILES string of the molecule is Nc1cccc2c(=O)n(C3CC3)ccc12.O=c1c2cccc([N+](=O)[O-])c2ccn1C1CC1. The lowest BCUT2D eigenvalue weighted by molar-refractivity contribution is -0.383. The van der Waals surface area contributed by atoms with E-state index in [2.05, 4.69) is 0 Å². The van der Waals surface area contributed by atoms with E-state index in [4.69, 9.17) is 5.73 Å². The summed E-state index contributed by atoms with van der Waals surface area (Å²) in [5.74, 6) is 0. The third-order valence-electron chi connectivity index (χ3n) is 6.03. The van der Waals surface area contributed by atoms with Crippen LogP contribution in [0.2, 0.25) is 0 Å². The van der Waals surface area contributed by atoms with Gasteiger partial charge in [-0.25, -0.2) is 0 Å². The van der Waals surface area contributed by atoms with Gasteiger partial charge in [0, 0.05) is 47.0 Å². The van der Waals surface area contributed by atoms with Crippen LogP contribution < -0.4 is 16.9 Å². The van der Waals surface area contributed by atoms with Gasteiger partial charge in [0.2, 0.25) is 0 Å². The van der Waals surface area contributed by atoms with Gasteiger partial charge >= 0.3 is 0 Å². The molecule has 0 radical (unpaired) electrons. The van der Waals surface area contributed by atoms with E-state index in [1.165, 1.54) is 6.07 Å². The number of non-ortho nitro benzene ring substituents is 1. The van der Waals surface area contributed by atoms with Crippen molar-refractivity contribution in [3.63, 3.8) is 0 Å². The monoisotopic (exact) mass is 430 g/mol. The number of hydrogen-bond donors (Lipinski definition) is 1. The number of anilines is 1. The van der Waals surface area contributed by atoms with Gasteiger partial charge < -0.3 is 14.9 Å². The quantitative estimate of drug-likeness (QED) is 0.298. The first-order valence-corrected chi connectivity index (χ1v) is 10.6. The van der Waals surface area contributed by atoms with E-state index in [0.717, 1.165) is 36.5 Å². The van der Waals surface area contributed by atoms with Crippen molar-refractivity contribution >= 4 is 32.9 Å². The molecule has 0 saturated heterocycles. The van der Waals surface area contributed by atoms with Crippen molar-refractivity contribution in [3.05, 3.63) is 91.7 Å². The fraction of sp³-hybridized carbons (Fsp3) is 0.250. The number of nitro groups is 1. The Hall–Kier alpha value is -3.94. The molecule has 0 amide bonds. The van der Waals surface area contributed by atoms with Gasteiger partial charge in [-0.2, -0.15) is 0 Å². The Morgan fingerprint density at radius 3 is 1.78 bits per heavy atom. The molecule has 2 aromatic carbocycles. The molecule has 0 bridgehead atoms. The lowest BCUT2D eigenvalue weighted by atomic mass is 10.1. The zero-order valence-corrected chi connectivity index (χ0v) is 17.3. The normalized spacial score (nSPS) is 15.4. The highest BCUT2D eigenvalue weighted by atomic mass is 16.6. The van der Waals surface area contributed by atoms with Gasteiger partial charge in [-0.1, -0.05) is 12.1 Å². The van der Waals surface area contributed by atoms with Crippen molar-refractivity contribution in [3.8, 4) is 0 Å². The minimum Gasteiger partial charge on any atom is -0.398 e. The molecular formula is C24H22N4O4. The maximum absolute atomic E-state index is 12.1. The molecule has 2 aromatic heterocycles. The minimum atomic E-state index is -0.455. The number of fused-ring (bicyclic) bond motifs is 2. The van der Waals surface area contributed by atoms with Crippen LogP contribution in [0.3, 0.4) is 0 Å². The summed E-state index contributed by atoms with van der Waals surface area (Å²) in [7, 11) is 0. The van der Waals surface area contributed by atoms with E-state index < -0.39 is 4.92 Å². The van der Waals surface area contributed by atoms with E-state index in [1.54, 1.807) is 29.0 Å². The molecule has 0 unspecified atom stereocenters. The molecular weight excluding hydrogens is 408 g/mol. The molecule has 2 heterocycles. The van der Waals surface area contributed by atoms with Crippen LogP contribution in [0, 0.1) is 10.1 Å². The molecule has 8 heteroatoms. The van der Waals surface area contributed by atoms with Gasteiger partial charge in [-0.3, -0.25) is 19.7 Å². The second-order valence-corrected chi connectivity index (χ2v) is 8.32. The van der Waals surface area contributed by atoms with Crippen molar-refractivity contribution in [2.24, 2.45) is 0 Å². The molecule has 2 N–H and O–H groups in total. The molecule has 0 aliphatic heterocycles. The molecule has 2 fully saturated rings. The standard InChI is InChI=1S/C12H10N2O3.C12H12N2O/c15-12-10-2-1-3-11(14(16)17)9(10)6-7-13(12)8-4-5-8;13-11-3-1-2-10-9(11)6-7-14(12(10)15)8-4-5-8/h1-3,6-8H,4-5H2;1-3,6-8H,4-5,13H2. The highest BCUT2D eigenvalue weighted by molar-refractivity contribution is 5.92. The van der Waals surface area contributed by atoms with Crippen LogP contribution >= 0.6 is 0 Å². The number of benzene rings is 2. The first kappa shape index (κ1) is 20.0. The molecule has 2 saturated carbocycles. The molecule has 0 atom stereocenters. The summed E-state index contributed by atoms with van der Waals surface area (Å²) in [6, 6.07) is 14.4. The Morgan fingerprint density at radius 1 is 0.750 bits per heavy atom. The summed E-state index contributed by atoms with van der Waals surface area (Å²) in [6.07, 6.45) is 7.79. The molecule has 6 rings (SSSR count). The van der Waals surface area contributed by atoms with Gasteiger partial charge in [-0.15, -0.1) is 0 Å². The third kappa shape index (κ3) is 3.53. The molecule has 2 aliphatic carbocycles. The second kappa shape index (κ2) is 7.64. The topological polar surface area (TPSA) is 113 Å². The van der Waals surface area contributed by atoms with E-state index >= 15 is 0 Å². The van der Waals surface area contributed by atoms with Crippen molar-refractivity contribution in [1.82, 2.24) is 9.13 Å². The molecule has 162 valence electrons. The highest BCUT2D eigenvalue weighted by Gasteiger charge is 2.26. The average molecular weight is 430 g/mol. The molecule has 8 nitrogen and oxygen atoms in total. The van der Waals surface area contributed by atoms with Crippen LogP contribution in [-0.2, 0) is 0 Å². The Labute approximate surface area is 182 Å². The third-order valence-corrected chi connectivity index (χ3v) is 6.03. The first-order chi connectivity index (χ1) is 15.5. The Morgan fingerprint density at radius 2 is 1.25 bits per heavy atom. The van der Waals surface area contributed by atoms with Gasteiger partial charge in [0.25, 0.3) is 16.8 Å². The molecule has 0 spiro atoms. The fourth-order valence-corrected chi connectivity index (χ4v) is 4.03. The predicted octanol–water partition coefficient (Wildman–Crippen LogP) is 4.16. The maximum Gasteiger partial charge on any atom is 0.277 e. The lowest BCUT2D eigenvalue weighted by Gasteiger charge is -2.06. The number of hydrogen-bond acceptors (Lipinski definition) is 5. The van der Waals surface area contributed by atoms with Crippen molar-refractivity contribution in [2.45, 2.75) is 37.8 Å². The number of nitrogens with zero attached hydrogens (tertiary/aromatic N) is 3. The Bertz CT molecular complexity index is 1480. The van der Waals surface area contributed by atoms with Gasteiger partial charge in [0.15, 0.2) is 0 Å². The number of nitrogens with two attached hydrogens (primary N) is 1. The van der Waals surface area contributed by atoms with E-state index in [0.29, 0.717) is 22.5 Å². The van der Waals surface area contributed by atoms with Gasteiger partial charge in [-0.05, 0) is 56.0 Å². The Balaban J connectivity index is 0.000000136. The molecule has 4 aromatic rings. The average Bonchev–Trinajstić information content (AvgIpc) is 3.69. The zero-order chi connectivity index (χ0) is 22.4. The number of aromatic nitrogens is 2. The van der Waals surface area contributed by atoms with Gasteiger partial charge in [0.05, 0.1) is 15.7 Å². The van der Waals surface area contributed by atoms with Crippen LogP contribution in [-0.4, -0.2) is 14.1 Å². The number of nitro benzene ring substituents is 1. The summed E-state index contributed by atoms with van der Waals surface area (Å²) >= 11 is 0. The second-order valence-electron chi connectivity index (χ2n) is 8.32. The minimum absolute atomic E-state index is 0.0115. The summed E-state index contributed by atoms with van der Waals surface area (Å²) in [5, 5.41) is 13.3. The summed E-state index contributed by atoms with van der Waals surface area (Å²) < 4.78 is 3.49. The number of pyridine rings is 2. The first-order valence-electron chi connectivity index (χ1n) is 10.6. The van der Waals surface area contributed by atoms with Crippen LogP contribution in [0.4, 0.5) is 11.4 Å². The Kier molecular flexibility index (Phi) is 4.77. The van der Waals surface area contributed by atoms with Gasteiger partial charge in [0.1, 0.15) is 0 Å². The van der Waals surface area contributed by atoms with Crippen molar-refractivity contribution < 1.29 is 4.92 Å². The zero-order valence-electron chi connectivity index (χ0n) is 17.3. The smallest absolute Gasteiger partial charge is 0.277 e. The molecule has 32 heavy (non-hydrogen) atoms. The number of nitrogen functional groups attached to an aromatic ring is 1. The summed E-state index contributed by atoms with van der Waals surface area (Å²) in [6.45, 7) is 0. The van der Waals surface area contributed by atoms with E-state index in [-0.39, 0.29) is 22.8 Å². The maximum atomic E-state index is 12.1. The van der Waals surface area contributed by atoms with Crippen LogP contribution in [0.1, 0.15) is 37.8 Å². The van der Waals surface area contributed by atoms with Crippen molar-refractivity contribution in [1.29, 1.82) is 0 Å². The van der Waals surface area contributed by atoms with Crippen LogP contribution in [0.25, 0.3) is 21.5 Å². The lowest BCUT2D eigenvalue weighted by Crippen LogP contribution is -2.18. The van der Waals surface area contributed by atoms with E-state index in [1.807, 2.05) is 35.0 Å².